The molecule has 0 atom stereocenters. The summed E-state index contributed by atoms with van der Waals surface area (Å²) in [5.74, 6) is 0.426. The maximum Gasteiger partial charge on any atom is 0.133 e. The normalized spacial score (nSPS) is 29.3. The van der Waals surface area contributed by atoms with Crippen molar-refractivity contribution in [3.05, 3.63) is 0 Å². The molecule has 2 rings (SSSR count). The van der Waals surface area contributed by atoms with Crippen LogP contribution in [0.15, 0.2) is 0 Å². The van der Waals surface area contributed by atoms with Crippen molar-refractivity contribution < 1.29 is 9.90 Å². The number of rotatable bonds is 1. The summed E-state index contributed by atoms with van der Waals surface area (Å²) in [6, 6.07) is 0.596. The van der Waals surface area contributed by atoms with Gasteiger partial charge in [0.1, 0.15) is 5.78 Å². The Kier molecular flexibility index (Phi) is 3.12. The van der Waals surface area contributed by atoms with Crippen LogP contribution in [0.3, 0.4) is 0 Å². The molecular formula is C12H21NO2. The molecule has 0 unspecified atom stereocenters. The Labute approximate surface area is 91.5 Å². The molecule has 1 saturated heterocycles. The van der Waals surface area contributed by atoms with Gasteiger partial charge in [0.25, 0.3) is 0 Å². The van der Waals surface area contributed by atoms with Crippen molar-refractivity contribution in [3.63, 3.8) is 0 Å². The molecule has 0 aromatic rings. The number of ketones is 1. The van der Waals surface area contributed by atoms with Crippen LogP contribution >= 0.6 is 0 Å². The molecule has 1 aliphatic heterocycles. The van der Waals surface area contributed by atoms with Gasteiger partial charge in [-0.15, -0.1) is 0 Å². The van der Waals surface area contributed by atoms with Crippen LogP contribution in [0.2, 0.25) is 0 Å². The Bertz CT molecular complexity index is 230. The van der Waals surface area contributed by atoms with Gasteiger partial charge in [0.2, 0.25) is 0 Å². The first-order chi connectivity index (χ1) is 7.07. The lowest BCUT2D eigenvalue weighted by Crippen LogP contribution is -2.48. The van der Waals surface area contributed by atoms with Crippen LogP contribution in [0, 0.1) is 0 Å². The number of likely N-dealkylation sites (tertiary alicyclic amines) is 1. The van der Waals surface area contributed by atoms with Crippen molar-refractivity contribution in [3.8, 4) is 0 Å². The fourth-order valence-electron chi connectivity index (χ4n) is 2.66. The van der Waals surface area contributed by atoms with Gasteiger partial charge in [-0.1, -0.05) is 0 Å². The number of Topliss-reactive ketones (excluding diaryl/α,β-unsaturated/α-hetero) is 1. The molecule has 1 saturated carbocycles. The van der Waals surface area contributed by atoms with Crippen LogP contribution in [0.1, 0.15) is 45.4 Å². The van der Waals surface area contributed by atoms with Crippen molar-refractivity contribution >= 4 is 5.78 Å². The zero-order valence-electron chi connectivity index (χ0n) is 9.54. The SMILES string of the molecule is CC1(O)CCN(C2CCC(=O)CC2)CC1. The van der Waals surface area contributed by atoms with Crippen molar-refractivity contribution in [1.82, 2.24) is 4.90 Å². The van der Waals surface area contributed by atoms with Gasteiger partial charge >= 0.3 is 0 Å². The molecule has 3 heteroatoms. The topological polar surface area (TPSA) is 40.5 Å². The lowest BCUT2D eigenvalue weighted by molar-refractivity contribution is -0.121. The number of nitrogens with zero attached hydrogens (tertiary/aromatic N) is 1. The lowest BCUT2D eigenvalue weighted by Gasteiger charge is -2.41. The highest BCUT2D eigenvalue weighted by molar-refractivity contribution is 5.79. The van der Waals surface area contributed by atoms with Crippen LogP contribution < -0.4 is 0 Å². The summed E-state index contributed by atoms with van der Waals surface area (Å²) in [5.41, 5.74) is -0.457. The summed E-state index contributed by atoms with van der Waals surface area (Å²) in [6.07, 6.45) is 5.33. The molecule has 1 N–H and O–H groups in total. The Balaban J connectivity index is 1.83. The monoisotopic (exact) mass is 211 g/mol. The minimum Gasteiger partial charge on any atom is -0.390 e. The van der Waals surface area contributed by atoms with E-state index in [4.69, 9.17) is 0 Å². The predicted octanol–water partition coefficient (Wildman–Crippen LogP) is 1.34. The molecule has 2 fully saturated rings. The highest BCUT2D eigenvalue weighted by Crippen LogP contribution is 2.27. The van der Waals surface area contributed by atoms with E-state index in [9.17, 15) is 9.90 Å². The quantitative estimate of drug-likeness (QED) is 0.711. The van der Waals surface area contributed by atoms with E-state index in [0.29, 0.717) is 11.8 Å². The number of hydrogen-bond donors (Lipinski definition) is 1. The molecule has 0 aromatic heterocycles. The Morgan fingerprint density at radius 3 is 2.33 bits per heavy atom. The Hall–Kier alpha value is -0.410. The van der Waals surface area contributed by atoms with Crippen molar-refractivity contribution in [1.29, 1.82) is 0 Å². The first kappa shape index (κ1) is 11.1. The summed E-state index contributed by atoms with van der Waals surface area (Å²) in [5, 5.41) is 9.85. The Morgan fingerprint density at radius 1 is 1.27 bits per heavy atom. The van der Waals surface area contributed by atoms with Crippen LogP contribution in [0.4, 0.5) is 0 Å². The van der Waals surface area contributed by atoms with Gasteiger partial charge in [-0.3, -0.25) is 4.79 Å². The van der Waals surface area contributed by atoms with Crippen LogP contribution in [0.5, 0.6) is 0 Å². The maximum atomic E-state index is 11.1. The molecule has 0 radical (unpaired) electrons. The summed E-state index contributed by atoms with van der Waals surface area (Å²) >= 11 is 0. The van der Waals surface area contributed by atoms with Crippen molar-refractivity contribution in [2.45, 2.75) is 57.1 Å². The summed E-state index contributed by atoms with van der Waals surface area (Å²) in [4.78, 5) is 13.6. The van der Waals surface area contributed by atoms with E-state index in [-0.39, 0.29) is 0 Å². The highest BCUT2D eigenvalue weighted by Gasteiger charge is 2.32. The first-order valence-corrected chi connectivity index (χ1v) is 6.05. The second-order valence-corrected chi connectivity index (χ2v) is 5.30. The smallest absolute Gasteiger partial charge is 0.133 e. The van der Waals surface area contributed by atoms with Crippen molar-refractivity contribution in [2.24, 2.45) is 0 Å². The standard InChI is InChI=1S/C12H21NO2/c1-12(15)6-8-13(9-7-12)10-2-4-11(14)5-3-10/h10,15H,2-9H2,1H3. The molecule has 86 valence electrons. The van der Waals surface area contributed by atoms with Crippen LogP contribution in [-0.2, 0) is 4.79 Å². The third-order valence-corrected chi connectivity index (χ3v) is 3.90. The van der Waals surface area contributed by atoms with Gasteiger partial charge in [0, 0.05) is 32.0 Å². The molecule has 0 amide bonds. The molecule has 3 nitrogen and oxygen atoms in total. The molecule has 15 heavy (non-hydrogen) atoms. The third kappa shape index (κ3) is 2.79. The van der Waals surface area contributed by atoms with Gasteiger partial charge in [0.05, 0.1) is 5.60 Å². The second-order valence-electron chi connectivity index (χ2n) is 5.30. The van der Waals surface area contributed by atoms with Gasteiger partial charge < -0.3 is 10.0 Å². The zero-order chi connectivity index (χ0) is 10.9. The minimum absolute atomic E-state index is 0.426. The number of carbonyl (C=O) groups excluding carboxylic acids is 1. The molecular weight excluding hydrogens is 190 g/mol. The highest BCUT2D eigenvalue weighted by atomic mass is 16.3. The summed E-state index contributed by atoms with van der Waals surface area (Å²) in [7, 11) is 0. The van der Waals surface area contributed by atoms with E-state index < -0.39 is 5.60 Å². The molecule has 2 aliphatic rings. The maximum absolute atomic E-state index is 11.1. The number of piperidine rings is 1. The number of hydrogen-bond acceptors (Lipinski definition) is 3. The fourth-order valence-corrected chi connectivity index (χ4v) is 2.66. The lowest BCUT2D eigenvalue weighted by atomic mass is 9.88. The van der Waals surface area contributed by atoms with Gasteiger partial charge in [-0.2, -0.15) is 0 Å². The number of carbonyl (C=O) groups is 1. The largest absolute Gasteiger partial charge is 0.390 e. The van der Waals surface area contributed by atoms with E-state index in [0.717, 1.165) is 51.6 Å². The summed E-state index contributed by atoms with van der Waals surface area (Å²) in [6.45, 7) is 3.91. The molecule has 1 heterocycles. The first-order valence-electron chi connectivity index (χ1n) is 6.05. The molecule has 1 aliphatic carbocycles. The fraction of sp³-hybridized carbons (Fsp3) is 0.917. The molecule has 0 bridgehead atoms. The van der Waals surface area contributed by atoms with Crippen molar-refractivity contribution in [2.75, 3.05) is 13.1 Å². The van der Waals surface area contributed by atoms with E-state index in [1.807, 2.05) is 6.92 Å². The van der Waals surface area contributed by atoms with E-state index in [2.05, 4.69) is 4.90 Å². The van der Waals surface area contributed by atoms with E-state index >= 15 is 0 Å². The zero-order valence-corrected chi connectivity index (χ0v) is 9.54. The third-order valence-electron chi connectivity index (χ3n) is 3.90. The van der Waals surface area contributed by atoms with Gasteiger partial charge in [-0.25, -0.2) is 0 Å². The predicted molar refractivity (Wildman–Crippen MR) is 58.7 cm³/mol. The molecule has 0 spiro atoms. The van der Waals surface area contributed by atoms with E-state index in [1.165, 1.54) is 0 Å². The van der Waals surface area contributed by atoms with Gasteiger partial charge in [-0.05, 0) is 32.6 Å². The van der Waals surface area contributed by atoms with Gasteiger partial charge in [0.15, 0.2) is 0 Å². The minimum atomic E-state index is -0.457. The second kappa shape index (κ2) is 4.22. The number of aliphatic hydroxyl groups is 1. The van der Waals surface area contributed by atoms with Crippen LogP contribution in [-0.4, -0.2) is 40.5 Å². The Morgan fingerprint density at radius 2 is 1.80 bits per heavy atom. The average Bonchev–Trinajstić information content (AvgIpc) is 2.20. The molecule has 0 aromatic carbocycles. The van der Waals surface area contributed by atoms with E-state index in [1.54, 1.807) is 0 Å². The average molecular weight is 211 g/mol. The summed E-state index contributed by atoms with van der Waals surface area (Å²) < 4.78 is 0. The van der Waals surface area contributed by atoms with Crippen LogP contribution in [0.25, 0.3) is 0 Å².